The molecule has 2 heterocycles. The molecule has 0 aromatic rings. The lowest BCUT2D eigenvalue weighted by Gasteiger charge is -2.20. The van der Waals surface area contributed by atoms with Crippen molar-refractivity contribution in [3.05, 3.63) is 0 Å². The van der Waals surface area contributed by atoms with Crippen LogP contribution in [0.5, 0.6) is 0 Å². The maximum absolute atomic E-state index is 10.8. The summed E-state index contributed by atoms with van der Waals surface area (Å²) in [4.78, 5) is 15.3. The highest BCUT2D eigenvalue weighted by molar-refractivity contribution is 5.80. The Balaban J connectivity index is 0.000000191. The van der Waals surface area contributed by atoms with E-state index in [0.717, 1.165) is 32.5 Å². The molecule has 0 aromatic heterocycles. The molecule has 0 radical (unpaired) electrons. The number of carbonyl (C=O) groups is 1. The maximum Gasteiger partial charge on any atom is 0.234 e. The molecule has 2 fully saturated rings. The summed E-state index contributed by atoms with van der Waals surface area (Å²) in [5.41, 5.74) is 10.7. The van der Waals surface area contributed by atoms with Crippen molar-refractivity contribution < 1.29 is 4.79 Å². The molecule has 112 valence electrons. The van der Waals surface area contributed by atoms with Crippen LogP contribution in [-0.4, -0.2) is 60.5 Å². The largest absolute Gasteiger partial charge is 0.368 e. The molecule has 0 saturated carbocycles. The van der Waals surface area contributed by atoms with E-state index in [2.05, 4.69) is 23.6 Å². The lowest BCUT2D eigenvalue weighted by molar-refractivity contribution is -0.122. The number of rotatable bonds is 4. The van der Waals surface area contributed by atoms with Crippen LogP contribution >= 0.6 is 0 Å². The predicted molar refractivity (Wildman–Crippen MR) is 78.8 cm³/mol. The zero-order valence-electron chi connectivity index (χ0n) is 12.5. The summed E-state index contributed by atoms with van der Waals surface area (Å²) >= 11 is 0. The van der Waals surface area contributed by atoms with Crippen LogP contribution in [0.3, 0.4) is 0 Å². The molecule has 2 aliphatic rings. The van der Waals surface area contributed by atoms with E-state index in [1.807, 2.05) is 0 Å². The van der Waals surface area contributed by atoms with Gasteiger partial charge in [0.05, 0.1) is 6.04 Å². The van der Waals surface area contributed by atoms with Crippen LogP contribution in [0.15, 0.2) is 0 Å². The summed E-state index contributed by atoms with van der Waals surface area (Å²) in [5.74, 6) is -0.167. The first-order valence-electron chi connectivity index (χ1n) is 7.61. The third-order valence-electron chi connectivity index (χ3n) is 4.28. The Morgan fingerprint density at radius 2 is 1.68 bits per heavy atom. The van der Waals surface area contributed by atoms with Gasteiger partial charge in [-0.25, -0.2) is 0 Å². The summed E-state index contributed by atoms with van der Waals surface area (Å²) in [6.07, 6.45) is 4.71. The molecule has 2 aliphatic heterocycles. The molecule has 2 unspecified atom stereocenters. The minimum atomic E-state index is -0.167. The lowest BCUT2D eigenvalue weighted by atomic mass is 10.2. The van der Waals surface area contributed by atoms with Crippen molar-refractivity contribution in [2.24, 2.45) is 11.5 Å². The monoisotopic (exact) mass is 270 g/mol. The highest BCUT2D eigenvalue weighted by Crippen LogP contribution is 2.15. The average molecular weight is 270 g/mol. The molecule has 5 heteroatoms. The quantitative estimate of drug-likeness (QED) is 0.774. The lowest BCUT2D eigenvalue weighted by Crippen LogP contribution is -2.39. The first kappa shape index (κ1) is 16.4. The molecule has 2 saturated heterocycles. The number of hydrogen-bond donors (Lipinski definition) is 2. The number of amides is 1. The van der Waals surface area contributed by atoms with Crippen LogP contribution in [-0.2, 0) is 4.79 Å². The molecule has 2 atom stereocenters. The fourth-order valence-electron chi connectivity index (χ4n) is 3.11. The number of primary amides is 1. The van der Waals surface area contributed by atoms with Gasteiger partial charge in [-0.1, -0.05) is 13.8 Å². The van der Waals surface area contributed by atoms with Gasteiger partial charge in [-0.3, -0.25) is 14.6 Å². The summed E-state index contributed by atoms with van der Waals surface area (Å²) in [5, 5.41) is 0. The molecule has 5 nitrogen and oxygen atoms in total. The van der Waals surface area contributed by atoms with Crippen LogP contribution in [0.2, 0.25) is 0 Å². The van der Waals surface area contributed by atoms with Crippen LogP contribution in [0.1, 0.15) is 39.5 Å². The highest BCUT2D eigenvalue weighted by atomic mass is 16.1. The first-order chi connectivity index (χ1) is 9.13. The summed E-state index contributed by atoms with van der Waals surface area (Å²) in [6, 6.07) is 0.708. The molecular formula is C14H30N4O. The molecule has 0 aliphatic carbocycles. The Bertz CT molecular complexity index is 262. The summed E-state index contributed by atoms with van der Waals surface area (Å²) in [6.45, 7) is 9.50. The summed E-state index contributed by atoms with van der Waals surface area (Å²) in [7, 11) is 0. The molecule has 2 rings (SSSR count). The van der Waals surface area contributed by atoms with Crippen LogP contribution in [0.4, 0.5) is 0 Å². The zero-order valence-corrected chi connectivity index (χ0v) is 12.5. The van der Waals surface area contributed by atoms with Crippen molar-refractivity contribution in [1.29, 1.82) is 0 Å². The second-order valence-electron chi connectivity index (χ2n) is 5.35. The van der Waals surface area contributed by atoms with Gasteiger partial charge in [-0.2, -0.15) is 0 Å². The van der Waals surface area contributed by atoms with Crippen molar-refractivity contribution in [3.63, 3.8) is 0 Å². The third kappa shape index (κ3) is 4.75. The third-order valence-corrected chi connectivity index (χ3v) is 4.28. The van der Waals surface area contributed by atoms with Gasteiger partial charge in [0.1, 0.15) is 0 Å². The molecule has 1 amide bonds. The van der Waals surface area contributed by atoms with Crippen LogP contribution < -0.4 is 11.5 Å². The molecule has 0 aromatic carbocycles. The second kappa shape index (κ2) is 8.51. The van der Waals surface area contributed by atoms with E-state index in [4.69, 9.17) is 11.5 Å². The van der Waals surface area contributed by atoms with E-state index in [-0.39, 0.29) is 11.9 Å². The SMILES string of the molecule is CCN1CCCC1C(N)=O.CCN1CCCC1CN. The fraction of sp³-hybridized carbons (Fsp3) is 0.929. The Kier molecular flexibility index (Phi) is 7.34. The van der Waals surface area contributed by atoms with Crippen LogP contribution in [0.25, 0.3) is 0 Å². The molecule has 19 heavy (non-hydrogen) atoms. The van der Waals surface area contributed by atoms with Gasteiger partial charge in [-0.15, -0.1) is 0 Å². The molecule has 0 bridgehead atoms. The highest BCUT2D eigenvalue weighted by Gasteiger charge is 2.26. The average Bonchev–Trinajstić information content (AvgIpc) is 3.07. The van der Waals surface area contributed by atoms with E-state index in [1.165, 1.54) is 25.9 Å². The maximum atomic E-state index is 10.8. The fourth-order valence-corrected chi connectivity index (χ4v) is 3.11. The minimum absolute atomic E-state index is 0.0185. The minimum Gasteiger partial charge on any atom is -0.368 e. The topological polar surface area (TPSA) is 75.6 Å². The van der Waals surface area contributed by atoms with Crippen molar-refractivity contribution in [2.45, 2.75) is 51.6 Å². The Labute approximate surface area is 117 Å². The van der Waals surface area contributed by atoms with E-state index < -0.39 is 0 Å². The van der Waals surface area contributed by atoms with E-state index in [9.17, 15) is 4.79 Å². The number of carbonyl (C=O) groups excluding carboxylic acids is 1. The van der Waals surface area contributed by atoms with Gasteiger partial charge >= 0.3 is 0 Å². The number of nitrogens with zero attached hydrogens (tertiary/aromatic N) is 2. The Hall–Kier alpha value is -0.650. The second-order valence-corrected chi connectivity index (χ2v) is 5.35. The zero-order chi connectivity index (χ0) is 14.3. The Morgan fingerprint density at radius 3 is 2.11 bits per heavy atom. The van der Waals surface area contributed by atoms with Crippen molar-refractivity contribution >= 4 is 5.91 Å². The molecule has 4 N–H and O–H groups in total. The van der Waals surface area contributed by atoms with Gasteiger partial charge in [0.2, 0.25) is 5.91 Å². The number of hydrogen-bond acceptors (Lipinski definition) is 4. The predicted octanol–water partition coefficient (Wildman–Crippen LogP) is 0.385. The van der Waals surface area contributed by atoms with Crippen molar-refractivity contribution in [2.75, 3.05) is 32.7 Å². The normalized spacial score (nSPS) is 28.2. The number of likely N-dealkylation sites (N-methyl/N-ethyl adjacent to an activating group) is 2. The summed E-state index contributed by atoms with van der Waals surface area (Å²) < 4.78 is 0. The van der Waals surface area contributed by atoms with Crippen LogP contribution in [0, 0.1) is 0 Å². The van der Waals surface area contributed by atoms with E-state index in [0.29, 0.717) is 6.04 Å². The standard InChI is InChI=1S/C7H14N2O.C7H16N2/c1-2-9-5-3-4-6(9)7(8)10;1-2-9-5-3-4-7(9)6-8/h6H,2-5H2,1H3,(H2,8,10);7H,2-6,8H2,1H3. The number of likely N-dealkylation sites (tertiary alicyclic amines) is 2. The van der Waals surface area contributed by atoms with Gasteiger partial charge in [-0.05, 0) is 51.9 Å². The van der Waals surface area contributed by atoms with Gasteiger partial charge in [0, 0.05) is 12.6 Å². The van der Waals surface area contributed by atoms with E-state index >= 15 is 0 Å². The Morgan fingerprint density at radius 1 is 1.11 bits per heavy atom. The molecule has 0 spiro atoms. The van der Waals surface area contributed by atoms with E-state index in [1.54, 1.807) is 0 Å². The smallest absolute Gasteiger partial charge is 0.234 e. The van der Waals surface area contributed by atoms with Gasteiger partial charge in [0.25, 0.3) is 0 Å². The van der Waals surface area contributed by atoms with Crippen molar-refractivity contribution in [1.82, 2.24) is 9.80 Å². The van der Waals surface area contributed by atoms with Gasteiger partial charge in [0.15, 0.2) is 0 Å². The first-order valence-corrected chi connectivity index (χ1v) is 7.61. The van der Waals surface area contributed by atoms with Crippen molar-refractivity contribution in [3.8, 4) is 0 Å². The molecular weight excluding hydrogens is 240 g/mol. The number of nitrogens with two attached hydrogens (primary N) is 2. The van der Waals surface area contributed by atoms with Gasteiger partial charge < -0.3 is 11.5 Å².